The lowest BCUT2D eigenvalue weighted by Gasteiger charge is -2.04. The molecule has 0 spiro atoms. The van der Waals surface area contributed by atoms with Crippen molar-refractivity contribution in [3.63, 3.8) is 0 Å². The molecule has 2 heterocycles. The van der Waals surface area contributed by atoms with Crippen LogP contribution in [0.1, 0.15) is 5.56 Å². The van der Waals surface area contributed by atoms with Gasteiger partial charge in [-0.25, -0.2) is 4.68 Å². The van der Waals surface area contributed by atoms with Crippen molar-refractivity contribution in [3.8, 4) is 0 Å². The molecule has 0 fully saturated rings. The molecule has 0 bridgehead atoms. The van der Waals surface area contributed by atoms with Gasteiger partial charge in [0.25, 0.3) is 0 Å². The van der Waals surface area contributed by atoms with Crippen LogP contribution in [0.5, 0.6) is 0 Å². The quantitative estimate of drug-likeness (QED) is 0.919. The van der Waals surface area contributed by atoms with Crippen molar-refractivity contribution in [2.75, 3.05) is 5.73 Å². The lowest BCUT2D eigenvalue weighted by atomic mass is 10.3. The highest BCUT2D eigenvalue weighted by Gasteiger charge is 2.05. The average molecular weight is 332 g/mol. The molecule has 0 aliphatic rings. The summed E-state index contributed by atoms with van der Waals surface area (Å²) in [7, 11) is 0. The molecule has 4 nitrogen and oxygen atoms in total. The van der Waals surface area contributed by atoms with E-state index in [1.54, 1.807) is 23.3 Å². The molecule has 0 radical (unpaired) electrons. The largest absolute Gasteiger partial charge is 0.383 e. The molecule has 78 valence electrons. The predicted octanol–water partition coefficient (Wildman–Crippen LogP) is 2.43. The van der Waals surface area contributed by atoms with Crippen molar-refractivity contribution in [2.24, 2.45) is 0 Å². The van der Waals surface area contributed by atoms with Gasteiger partial charge in [0.15, 0.2) is 0 Å². The molecule has 0 aliphatic heterocycles. The van der Waals surface area contributed by atoms with Gasteiger partial charge >= 0.3 is 0 Å². The molecule has 0 aromatic carbocycles. The van der Waals surface area contributed by atoms with E-state index >= 15 is 0 Å². The van der Waals surface area contributed by atoms with Gasteiger partial charge in [0.05, 0.1) is 17.2 Å². The topological polar surface area (TPSA) is 56.7 Å². The number of pyridine rings is 1. The predicted molar refractivity (Wildman–Crippen MR) is 65.4 cm³/mol. The van der Waals surface area contributed by atoms with Crippen LogP contribution in [0.15, 0.2) is 33.6 Å². The van der Waals surface area contributed by atoms with E-state index < -0.39 is 0 Å². The van der Waals surface area contributed by atoms with Gasteiger partial charge in [-0.05, 0) is 43.5 Å². The number of aromatic nitrogens is 3. The second-order valence-corrected chi connectivity index (χ2v) is 4.82. The Hall–Kier alpha value is -0.880. The smallest absolute Gasteiger partial charge is 0.136 e. The van der Waals surface area contributed by atoms with E-state index in [0.717, 1.165) is 14.5 Å². The molecule has 2 rings (SSSR count). The molecule has 0 saturated heterocycles. The van der Waals surface area contributed by atoms with Gasteiger partial charge < -0.3 is 5.73 Å². The first-order chi connectivity index (χ1) is 7.16. The van der Waals surface area contributed by atoms with E-state index in [-0.39, 0.29) is 0 Å². The first kappa shape index (κ1) is 10.6. The van der Waals surface area contributed by atoms with Crippen molar-refractivity contribution in [1.29, 1.82) is 0 Å². The third-order valence-corrected chi connectivity index (χ3v) is 2.97. The van der Waals surface area contributed by atoms with Gasteiger partial charge in [0.2, 0.25) is 0 Å². The fraction of sp³-hybridized carbons (Fsp3) is 0.111. The number of hydrogen-bond acceptors (Lipinski definition) is 3. The molecule has 15 heavy (non-hydrogen) atoms. The Morgan fingerprint density at radius 1 is 1.27 bits per heavy atom. The molecule has 0 unspecified atom stereocenters. The van der Waals surface area contributed by atoms with E-state index in [4.69, 9.17) is 5.73 Å². The molecule has 6 heteroatoms. The SMILES string of the molecule is Nc1c(Br)cnn1Cc1cncc(Br)c1. The summed E-state index contributed by atoms with van der Waals surface area (Å²) in [5, 5.41) is 4.14. The first-order valence-electron chi connectivity index (χ1n) is 4.23. The van der Waals surface area contributed by atoms with Crippen LogP contribution in [0, 0.1) is 0 Å². The van der Waals surface area contributed by atoms with E-state index in [2.05, 4.69) is 41.9 Å². The maximum Gasteiger partial charge on any atom is 0.136 e. The van der Waals surface area contributed by atoms with Crippen molar-refractivity contribution in [3.05, 3.63) is 39.2 Å². The molecule has 2 N–H and O–H groups in total. The van der Waals surface area contributed by atoms with E-state index in [9.17, 15) is 0 Å². The highest BCUT2D eigenvalue weighted by Crippen LogP contribution is 2.19. The fourth-order valence-corrected chi connectivity index (χ4v) is 1.92. The Morgan fingerprint density at radius 3 is 2.67 bits per heavy atom. The van der Waals surface area contributed by atoms with E-state index in [0.29, 0.717) is 12.4 Å². The number of anilines is 1. The Labute approximate surface area is 104 Å². The molecular formula is C9H8Br2N4. The molecule has 0 aliphatic carbocycles. The zero-order valence-electron chi connectivity index (χ0n) is 7.69. The minimum Gasteiger partial charge on any atom is -0.383 e. The summed E-state index contributed by atoms with van der Waals surface area (Å²) in [5.41, 5.74) is 6.86. The summed E-state index contributed by atoms with van der Waals surface area (Å²) in [6.45, 7) is 0.615. The summed E-state index contributed by atoms with van der Waals surface area (Å²) in [5.74, 6) is 0.620. The Kier molecular flexibility index (Phi) is 3.06. The summed E-state index contributed by atoms with van der Waals surface area (Å²) in [6.07, 6.45) is 5.21. The standard InChI is InChI=1S/C9H8Br2N4/c10-7-1-6(2-13-3-7)5-15-9(12)8(11)4-14-15/h1-4H,5,12H2. The molecule has 2 aromatic rings. The number of halogens is 2. The highest BCUT2D eigenvalue weighted by molar-refractivity contribution is 9.10. The lowest BCUT2D eigenvalue weighted by molar-refractivity contribution is 0.694. The number of nitrogens with zero attached hydrogens (tertiary/aromatic N) is 3. The van der Waals surface area contributed by atoms with Crippen LogP contribution in [0.2, 0.25) is 0 Å². The molecule has 0 saturated carbocycles. The van der Waals surface area contributed by atoms with Crippen LogP contribution in [-0.2, 0) is 6.54 Å². The highest BCUT2D eigenvalue weighted by atomic mass is 79.9. The second kappa shape index (κ2) is 4.32. The zero-order valence-corrected chi connectivity index (χ0v) is 10.9. The van der Waals surface area contributed by atoms with Crippen LogP contribution in [0.4, 0.5) is 5.82 Å². The molecular weight excluding hydrogens is 324 g/mol. The van der Waals surface area contributed by atoms with Gasteiger partial charge in [0.1, 0.15) is 5.82 Å². The second-order valence-electron chi connectivity index (χ2n) is 3.05. The number of rotatable bonds is 2. The van der Waals surface area contributed by atoms with Crippen molar-refractivity contribution in [2.45, 2.75) is 6.54 Å². The number of hydrogen-bond donors (Lipinski definition) is 1. The molecule has 0 amide bonds. The molecule has 2 aromatic heterocycles. The van der Waals surface area contributed by atoms with Gasteiger partial charge in [0, 0.05) is 16.9 Å². The van der Waals surface area contributed by atoms with Gasteiger partial charge in [-0.3, -0.25) is 4.98 Å². The minimum absolute atomic E-state index is 0.615. The average Bonchev–Trinajstić information content (AvgIpc) is 2.50. The van der Waals surface area contributed by atoms with Crippen LogP contribution in [-0.4, -0.2) is 14.8 Å². The van der Waals surface area contributed by atoms with Crippen molar-refractivity contribution in [1.82, 2.24) is 14.8 Å². The van der Waals surface area contributed by atoms with Crippen LogP contribution < -0.4 is 5.73 Å². The Balaban J connectivity index is 2.26. The van der Waals surface area contributed by atoms with Crippen LogP contribution >= 0.6 is 31.9 Å². The Bertz CT molecular complexity index is 481. The summed E-state index contributed by atoms with van der Waals surface area (Å²) < 4.78 is 3.48. The number of nitrogen functional groups attached to an aromatic ring is 1. The number of nitrogens with two attached hydrogens (primary N) is 1. The van der Waals surface area contributed by atoms with E-state index in [1.165, 1.54) is 0 Å². The van der Waals surface area contributed by atoms with Gasteiger partial charge in [-0.2, -0.15) is 5.10 Å². The van der Waals surface area contributed by atoms with Crippen molar-refractivity contribution >= 4 is 37.7 Å². The normalized spacial score (nSPS) is 10.5. The van der Waals surface area contributed by atoms with Crippen LogP contribution in [0.25, 0.3) is 0 Å². The maximum absolute atomic E-state index is 5.81. The van der Waals surface area contributed by atoms with E-state index in [1.807, 2.05) is 6.07 Å². The molecule has 0 atom stereocenters. The minimum atomic E-state index is 0.615. The van der Waals surface area contributed by atoms with Gasteiger partial charge in [-0.1, -0.05) is 0 Å². The van der Waals surface area contributed by atoms with Crippen molar-refractivity contribution < 1.29 is 0 Å². The first-order valence-corrected chi connectivity index (χ1v) is 5.81. The third kappa shape index (κ3) is 2.38. The van der Waals surface area contributed by atoms with Crippen LogP contribution in [0.3, 0.4) is 0 Å². The Morgan fingerprint density at radius 2 is 2.07 bits per heavy atom. The third-order valence-electron chi connectivity index (χ3n) is 1.93. The fourth-order valence-electron chi connectivity index (χ4n) is 1.21. The maximum atomic E-state index is 5.81. The monoisotopic (exact) mass is 330 g/mol. The summed E-state index contributed by atoms with van der Waals surface area (Å²) >= 11 is 6.68. The zero-order chi connectivity index (χ0) is 10.8. The summed E-state index contributed by atoms with van der Waals surface area (Å²) in [4.78, 5) is 4.08. The summed E-state index contributed by atoms with van der Waals surface area (Å²) in [6, 6.07) is 1.99. The lowest BCUT2D eigenvalue weighted by Crippen LogP contribution is -2.06. The van der Waals surface area contributed by atoms with Gasteiger partial charge in [-0.15, -0.1) is 0 Å².